The van der Waals surface area contributed by atoms with Crippen LogP contribution in [0.15, 0.2) is 24.5 Å². The molecule has 6 heteroatoms. The number of rotatable bonds is 6. The fourth-order valence-corrected chi connectivity index (χ4v) is 1.63. The number of aryl methyl sites for hydroxylation is 1. The number of methoxy groups -OCH3 is 1. The third kappa shape index (κ3) is 4.04. The predicted molar refractivity (Wildman–Crippen MR) is 71.4 cm³/mol. The van der Waals surface area contributed by atoms with E-state index < -0.39 is 0 Å². The lowest BCUT2D eigenvalue weighted by atomic mass is 10.3. The molecule has 0 aliphatic carbocycles. The van der Waals surface area contributed by atoms with Crippen molar-refractivity contribution in [2.45, 2.75) is 13.5 Å². The Labute approximate surface area is 112 Å². The first-order chi connectivity index (χ1) is 9.29. The van der Waals surface area contributed by atoms with Crippen molar-refractivity contribution in [3.8, 4) is 11.6 Å². The maximum atomic E-state index is 4.98. The predicted octanol–water partition coefficient (Wildman–Crippen LogP) is 0.978. The molecule has 0 atom stereocenters. The minimum atomic E-state index is 0.546. The van der Waals surface area contributed by atoms with Crippen molar-refractivity contribution in [1.82, 2.24) is 25.3 Å². The zero-order chi connectivity index (χ0) is 13.5. The van der Waals surface area contributed by atoms with Crippen molar-refractivity contribution < 1.29 is 4.74 Å². The number of nitrogens with zero attached hydrogens (tertiary/aromatic N) is 4. The molecule has 6 nitrogen and oxygen atoms in total. The highest BCUT2D eigenvalue weighted by Gasteiger charge is 2.06. The van der Waals surface area contributed by atoms with Gasteiger partial charge in [-0.3, -0.25) is 0 Å². The van der Waals surface area contributed by atoms with E-state index in [4.69, 9.17) is 4.74 Å². The lowest BCUT2D eigenvalue weighted by Gasteiger charge is -2.06. The highest BCUT2D eigenvalue weighted by Crippen LogP contribution is 2.10. The molecule has 0 saturated carbocycles. The van der Waals surface area contributed by atoms with Crippen LogP contribution >= 0.6 is 0 Å². The molecule has 2 aromatic rings. The molecule has 2 rings (SSSR count). The Hall–Kier alpha value is -1.92. The van der Waals surface area contributed by atoms with Gasteiger partial charge in [0.2, 0.25) is 0 Å². The van der Waals surface area contributed by atoms with Crippen LogP contribution in [0, 0.1) is 6.92 Å². The van der Waals surface area contributed by atoms with E-state index in [1.54, 1.807) is 25.6 Å². The minimum Gasteiger partial charge on any atom is -0.383 e. The Kier molecular flexibility index (Phi) is 4.88. The highest BCUT2D eigenvalue weighted by atomic mass is 16.5. The first-order valence-electron chi connectivity index (χ1n) is 6.11. The lowest BCUT2D eigenvalue weighted by molar-refractivity contribution is 0.199. The Balaban J connectivity index is 2.11. The smallest absolute Gasteiger partial charge is 0.198 e. The van der Waals surface area contributed by atoms with E-state index in [0.717, 1.165) is 17.9 Å². The van der Waals surface area contributed by atoms with Gasteiger partial charge >= 0.3 is 0 Å². The van der Waals surface area contributed by atoms with E-state index in [1.165, 1.54) is 0 Å². The first-order valence-corrected chi connectivity index (χ1v) is 6.11. The molecule has 19 heavy (non-hydrogen) atoms. The number of hydrogen-bond donors (Lipinski definition) is 1. The summed E-state index contributed by atoms with van der Waals surface area (Å²) in [6.07, 6.45) is 3.37. The monoisotopic (exact) mass is 259 g/mol. The summed E-state index contributed by atoms with van der Waals surface area (Å²) in [6, 6.07) is 3.72. The first kappa shape index (κ1) is 13.5. The maximum Gasteiger partial charge on any atom is 0.198 e. The molecule has 0 spiro atoms. The van der Waals surface area contributed by atoms with Crippen LogP contribution in [0.4, 0.5) is 0 Å². The highest BCUT2D eigenvalue weighted by molar-refractivity contribution is 5.42. The SMILES string of the molecule is COCCNCc1cc(C)nc(-c2ncccn2)n1. The quantitative estimate of drug-likeness (QED) is 0.780. The molecule has 0 aromatic carbocycles. The zero-order valence-corrected chi connectivity index (χ0v) is 11.1. The number of aromatic nitrogens is 4. The summed E-state index contributed by atoms with van der Waals surface area (Å²) in [5.74, 6) is 1.11. The van der Waals surface area contributed by atoms with E-state index >= 15 is 0 Å². The Morgan fingerprint density at radius 3 is 2.68 bits per heavy atom. The van der Waals surface area contributed by atoms with Crippen molar-refractivity contribution >= 4 is 0 Å². The molecular weight excluding hydrogens is 242 g/mol. The molecule has 0 aliphatic heterocycles. The van der Waals surface area contributed by atoms with Crippen LogP contribution in [0.2, 0.25) is 0 Å². The molecule has 0 saturated heterocycles. The van der Waals surface area contributed by atoms with E-state index in [9.17, 15) is 0 Å². The maximum absolute atomic E-state index is 4.98. The van der Waals surface area contributed by atoms with Crippen LogP contribution in [0.5, 0.6) is 0 Å². The summed E-state index contributed by atoms with van der Waals surface area (Å²) >= 11 is 0. The minimum absolute atomic E-state index is 0.546. The fourth-order valence-electron chi connectivity index (χ4n) is 1.63. The van der Waals surface area contributed by atoms with Gasteiger partial charge in [-0.05, 0) is 19.1 Å². The van der Waals surface area contributed by atoms with Crippen LogP contribution < -0.4 is 5.32 Å². The van der Waals surface area contributed by atoms with Gasteiger partial charge in [-0.25, -0.2) is 19.9 Å². The second-order valence-corrected chi connectivity index (χ2v) is 4.07. The molecule has 100 valence electrons. The van der Waals surface area contributed by atoms with E-state index in [2.05, 4.69) is 25.3 Å². The van der Waals surface area contributed by atoms with Gasteiger partial charge in [0, 0.05) is 38.3 Å². The summed E-state index contributed by atoms with van der Waals surface area (Å²) in [6.45, 7) is 4.08. The summed E-state index contributed by atoms with van der Waals surface area (Å²) in [5, 5.41) is 3.25. The largest absolute Gasteiger partial charge is 0.383 e. The molecule has 0 fully saturated rings. The van der Waals surface area contributed by atoms with Crippen LogP contribution in [0.1, 0.15) is 11.4 Å². The third-order valence-electron chi connectivity index (χ3n) is 2.46. The molecule has 2 heterocycles. The fraction of sp³-hybridized carbons (Fsp3) is 0.385. The van der Waals surface area contributed by atoms with Crippen LogP contribution in [-0.2, 0) is 11.3 Å². The van der Waals surface area contributed by atoms with Gasteiger partial charge in [-0.1, -0.05) is 0 Å². The van der Waals surface area contributed by atoms with Gasteiger partial charge in [-0.15, -0.1) is 0 Å². The Morgan fingerprint density at radius 1 is 1.16 bits per heavy atom. The second kappa shape index (κ2) is 6.86. The molecular formula is C13H17N5O. The number of nitrogens with one attached hydrogen (secondary N) is 1. The van der Waals surface area contributed by atoms with Crippen molar-refractivity contribution in [3.05, 3.63) is 35.9 Å². The zero-order valence-electron chi connectivity index (χ0n) is 11.1. The average Bonchev–Trinajstić information content (AvgIpc) is 2.44. The normalized spacial score (nSPS) is 10.6. The lowest BCUT2D eigenvalue weighted by Crippen LogP contribution is -2.19. The van der Waals surface area contributed by atoms with Crippen molar-refractivity contribution in [3.63, 3.8) is 0 Å². The van der Waals surface area contributed by atoms with Gasteiger partial charge in [0.15, 0.2) is 11.6 Å². The average molecular weight is 259 g/mol. The molecule has 1 N–H and O–H groups in total. The van der Waals surface area contributed by atoms with Crippen LogP contribution in [0.25, 0.3) is 11.6 Å². The van der Waals surface area contributed by atoms with Gasteiger partial charge < -0.3 is 10.1 Å². The van der Waals surface area contributed by atoms with Crippen molar-refractivity contribution in [1.29, 1.82) is 0 Å². The van der Waals surface area contributed by atoms with E-state index in [-0.39, 0.29) is 0 Å². The number of hydrogen-bond acceptors (Lipinski definition) is 6. The molecule has 2 aromatic heterocycles. The Bertz CT molecular complexity index is 518. The molecule has 0 aliphatic rings. The van der Waals surface area contributed by atoms with Crippen LogP contribution in [0.3, 0.4) is 0 Å². The second-order valence-electron chi connectivity index (χ2n) is 4.07. The molecule has 0 radical (unpaired) electrons. The van der Waals surface area contributed by atoms with E-state index in [0.29, 0.717) is 24.8 Å². The third-order valence-corrected chi connectivity index (χ3v) is 2.46. The summed E-state index contributed by atoms with van der Waals surface area (Å²) in [5.41, 5.74) is 1.83. The molecule has 0 amide bonds. The van der Waals surface area contributed by atoms with Gasteiger partial charge in [0.25, 0.3) is 0 Å². The van der Waals surface area contributed by atoms with Crippen molar-refractivity contribution in [2.75, 3.05) is 20.3 Å². The van der Waals surface area contributed by atoms with Crippen LogP contribution in [-0.4, -0.2) is 40.2 Å². The van der Waals surface area contributed by atoms with Crippen molar-refractivity contribution in [2.24, 2.45) is 0 Å². The number of ether oxygens (including phenoxy) is 1. The van der Waals surface area contributed by atoms with E-state index in [1.807, 2.05) is 13.0 Å². The standard InChI is InChI=1S/C13H17N5O/c1-10-8-11(9-14-6-7-19-2)18-13(17-10)12-15-4-3-5-16-12/h3-5,8,14H,6-7,9H2,1-2H3. The van der Waals surface area contributed by atoms with Gasteiger partial charge in [0.1, 0.15) is 0 Å². The summed E-state index contributed by atoms with van der Waals surface area (Å²) in [4.78, 5) is 17.2. The Morgan fingerprint density at radius 2 is 1.95 bits per heavy atom. The topological polar surface area (TPSA) is 72.8 Å². The molecule has 0 unspecified atom stereocenters. The molecule has 0 bridgehead atoms. The summed E-state index contributed by atoms with van der Waals surface area (Å²) in [7, 11) is 1.68. The van der Waals surface area contributed by atoms with Gasteiger partial charge in [0.05, 0.1) is 12.3 Å². The summed E-state index contributed by atoms with van der Waals surface area (Å²) < 4.78 is 4.98. The van der Waals surface area contributed by atoms with Gasteiger partial charge in [-0.2, -0.15) is 0 Å².